The second-order valence-corrected chi connectivity index (χ2v) is 7.42. The Hall–Kier alpha value is -3.62. The van der Waals surface area contributed by atoms with E-state index in [1.807, 2.05) is 24.3 Å². The molecule has 2 aromatic carbocycles. The third kappa shape index (κ3) is 4.99. The molecule has 1 aliphatic heterocycles. The summed E-state index contributed by atoms with van der Waals surface area (Å²) in [5.41, 5.74) is 8.62. The van der Waals surface area contributed by atoms with Gasteiger partial charge in [0, 0.05) is 25.2 Å². The minimum Gasteiger partial charge on any atom is -0.438 e. The smallest absolute Gasteiger partial charge is 0.254 e. The van der Waals surface area contributed by atoms with E-state index in [2.05, 4.69) is 9.88 Å². The van der Waals surface area contributed by atoms with Gasteiger partial charge in [-0.3, -0.25) is 14.5 Å². The number of rotatable bonds is 7. The SMILES string of the molecule is NC(=O)c1cc(F)cnc1Oc1cccc(-c2ccc(C=O)cc2CN2CCOCC2)c1. The summed E-state index contributed by atoms with van der Waals surface area (Å²) >= 11 is 0. The lowest BCUT2D eigenvalue weighted by atomic mass is 9.97. The number of carbonyl (C=O) groups excluding carboxylic acids is 2. The van der Waals surface area contributed by atoms with Crippen molar-refractivity contribution in [1.29, 1.82) is 0 Å². The number of primary amides is 1. The Kier molecular flexibility index (Phi) is 6.53. The standard InChI is InChI=1S/C24H22FN3O4/c25-19-12-22(23(26)30)24(27-13-19)32-20-3-1-2-17(11-20)21-5-4-16(15-29)10-18(21)14-28-6-8-31-9-7-28/h1-5,10-13,15H,6-9,14H2,(H2,26,30). The van der Waals surface area contributed by atoms with Crippen molar-refractivity contribution in [2.75, 3.05) is 26.3 Å². The van der Waals surface area contributed by atoms with Crippen LogP contribution in [0.25, 0.3) is 11.1 Å². The molecule has 1 amide bonds. The Labute approximate surface area is 184 Å². The van der Waals surface area contributed by atoms with Crippen molar-refractivity contribution in [1.82, 2.24) is 9.88 Å². The first kappa shape index (κ1) is 21.6. The van der Waals surface area contributed by atoms with E-state index in [4.69, 9.17) is 15.2 Å². The number of morpholine rings is 1. The quantitative estimate of drug-likeness (QED) is 0.572. The molecule has 4 rings (SSSR count). The number of aromatic nitrogens is 1. The maximum Gasteiger partial charge on any atom is 0.254 e. The van der Waals surface area contributed by atoms with E-state index >= 15 is 0 Å². The van der Waals surface area contributed by atoms with Gasteiger partial charge in [0.15, 0.2) is 0 Å². The Morgan fingerprint density at radius 2 is 2.00 bits per heavy atom. The highest BCUT2D eigenvalue weighted by Gasteiger charge is 2.16. The van der Waals surface area contributed by atoms with Crippen LogP contribution in [0.1, 0.15) is 26.3 Å². The zero-order chi connectivity index (χ0) is 22.5. The van der Waals surface area contributed by atoms with E-state index < -0.39 is 11.7 Å². The predicted octanol–water partition coefficient (Wildman–Crippen LogP) is 3.42. The van der Waals surface area contributed by atoms with Gasteiger partial charge in [0.05, 0.1) is 19.4 Å². The van der Waals surface area contributed by atoms with Crippen LogP contribution in [0.3, 0.4) is 0 Å². The van der Waals surface area contributed by atoms with Crippen LogP contribution >= 0.6 is 0 Å². The van der Waals surface area contributed by atoms with Gasteiger partial charge in [-0.25, -0.2) is 9.37 Å². The summed E-state index contributed by atoms with van der Waals surface area (Å²) in [5, 5.41) is 0. The maximum atomic E-state index is 13.5. The van der Waals surface area contributed by atoms with Gasteiger partial charge in [0.1, 0.15) is 23.4 Å². The van der Waals surface area contributed by atoms with E-state index in [0.29, 0.717) is 31.1 Å². The van der Waals surface area contributed by atoms with Crippen molar-refractivity contribution in [2.24, 2.45) is 5.73 Å². The molecule has 0 spiro atoms. The van der Waals surface area contributed by atoms with Gasteiger partial charge in [0.25, 0.3) is 5.91 Å². The van der Waals surface area contributed by atoms with Gasteiger partial charge in [-0.05, 0) is 41.0 Å². The van der Waals surface area contributed by atoms with E-state index in [1.165, 1.54) is 0 Å². The average Bonchev–Trinajstić information content (AvgIpc) is 2.81. The highest BCUT2D eigenvalue weighted by Crippen LogP contribution is 2.31. The van der Waals surface area contributed by atoms with Crippen LogP contribution in [0.5, 0.6) is 11.6 Å². The van der Waals surface area contributed by atoms with Crippen LogP contribution in [0, 0.1) is 5.82 Å². The molecule has 164 valence electrons. The minimum atomic E-state index is -0.833. The highest BCUT2D eigenvalue weighted by molar-refractivity contribution is 5.95. The molecule has 0 aliphatic carbocycles. The van der Waals surface area contributed by atoms with Crippen molar-refractivity contribution in [3.63, 3.8) is 0 Å². The molecule has 8 heteroatoms. The molecule has 7 nitrogen and oxygen atoms in total. The van der Waals surface area contributed by atoms with E-state index in [9.17, 15) is 14.0 Å². The number of pyridine rings is 1. The predicted molar refractivity (Wildman–Crippen MR) is 116 cm³/mol. The van der Waals surface area contributed by atoms with Gasteiger partial charge in [0.2, 0.25) is 5.88 Å². The van der Waals surface area contributed by atoms with Gasteiger partial charge in [-0.2, -0.15) is 0 Å². The number of aldehydes is 1. The molecule has 1 aliphatic rings. The number of hydrogen-bond donors (Lipinski definition) is 1. The number of benzene rings is 2. The summed E-state index contributed by atoms with van der Waals surface area (Å²) < 4.78 is 24.7. The molecule has 1 fully saturated rings. The van der Waals surface area contributed by atoms with Gasteiger partial charge in [-0.1, -0.05) is 24.3 Å². The fourth-order valence-corrected chi connectivity index (χ4v) is 3.62. The second kappa shape index (κ2) is 9.67. The first-order chi connectivity index (χ1) is 15.5. The summed E-state index contributed by atoms with van der Waals surface area (Å²) in [6, 6.07) is 13.8. The number of carbonyl (C=O) groups is 2. The molecule has 0 radical (unpaired) electrons. The van der Waals surface area contributed by atoms with Gasteiger partial charge < -0.3 is 15.2 Å². The Morgan fingerprint density at radius 1 is 1.19 bits per heavy atom. The number of hydrogen-bond acceptors (Lipinski definition) is 6. The number of ether oxygens (including phenoxy) is 2. The fraction of sp³-hybridized carbons (Fsp3) is 0.208. The largest absolute Gasteiger partial charge is 0.438 e. The molecule has 1 saturated heterocycles. The monoisotopic (exact) mass is 435 g/mol. The topological polar surface area (TPSA) is 94.8 Å². The normalized spacial score (nSPS) is 14.2. The molecule has 1 aromatic heterocycles. The number of nitrogens with two attached hydrogens (primary N) is 1. The summed E-state index contributed by atoms with van der Waals surface area (Å²) in [6.45, 7) is 3.68. The van der Waals surface area contributed by atoms with E-state index in [0.717, 1.165) is 48.3 Å². The third-order valence-electron chi connectivity index (χ3n) is 5.21. The zero-order valence-electron chi connectivity index (χ0n) is 17.3. The van der Waals surface area contributed by atoms with Crippen molar-refractivity contribution in [3.05, 3.63) is 77.2 Å². The lowest BCUT2D eigenvalue weighted by Gasteiger charge is -2.27. The molecule has 2 heterocycles. The van der Waals surface area contributed by atoms with E-state index in [1.54, 1.807) is 18.2 Å². The molecule has 0 bridgehead atoms. The van der Waals surface area contributed by atoms with Crippen LogP contribution in [-0.2, 0) is 11.3 Å². The molecule has 0 unspecified atom stereocenters. The van der Waals surface area contributed by atoms with Crippen LogP contribution in [0.15, 0.2) is 54.7 Å². The molecule has 0 saturated carbocycles. The van der Waals surface area contributed by atoms with Crippen molar-refractivity contribution in [3.8, 4) is 22.8 Å². The number of nitrogens with zero attached hydrogens (tertiary/aromatic N) is 2. The lowest BCUT2D eigenvalue weighted by Crippen LogP contribution is -2.35. The molecular weight excluding hydrogens is 413 g/mol. The van der Waals surface area contributed by atoms with Crippen molar-refractivity contribution < 1.29 is 23.5 Å². The van der Waals surface area contributed by atoms with Crippen LogP contribution in [-0.4, -0.2) is 48.4 Å². The molecular formula is C24H22FN3O4. The second-order valence-electron chi connectivity index (χ2n) is 7.42. The Bertz CT molecular complexity index is 1150. The van der Waals surface area contributed by atoms with Crippen molar-refractivity contribution in [2.45, 2.75) is 6.54 Å². The number of amides is 1. The first-order valence-corrected chi connectivity index (χ1v) is 10.2. The third-order valence-corrected chi connectivity index (χ3v) is 5.21. The first-order valence-electron chi connectivity index (χ1n) is 10.2. The summed E-state index contributed by atoms with van der Waals surface area (Å²) in [6.07, 6.45) is 1.79. The summed E-state index contributed by atoms with van der Waals surface area (Å²) in [4.78, 5) is 29.1. The molecule has 3 aromatic rings. The van der Waals surface area contributed by atoms with Crippen LogP contribution in [0.2, 0.25) is 0 Å². The highest BCUT2D eigenvalue weighted by atomic mass is 19.1. The molecule has 2 N–H and O–H groups in total. The Balaban J connectivity index is 1.66. The Morgan fingerprint density at radius 3 is 2.75 bits per heavy atom. The average molecular weight is 435 g/mol. The van der Waals surface area contributed by atoms with Crippen LogP contribution < -0.4 is 10.5 Å². The molecule has 32 heavy (non-hydrogen) atoms. The fourth-order valence-electron chi connectivity index (χ4n) is 3.62. The van der Waals surface area contributed by atoms with Crippen molar-refractivity contribution >= 4 is 12.2 Å². The van der Waals surface area contributed by atoms with Gasteiger partial charge >= 0.3 is 0 Å². The lowest BCUT2D eigenvalue weighted by molar-refractivity contribution is 0.0342. The summed E-state index contributed by atoms with van der Waals surface area (Å²) in [5.74, 6) is -1.16. The zero-order valence-corrected chi connectivity index (χ0v) is 17.3. The van der Waals surface area contributed by atoms with Crippen LogP contribution in [0.4, 0.5) is 4.39 Å². The maximum absolute atomic E-state index is 13.5. The summed E-state index contributed by atoms with van der Waals surface area (Å²) in [7, 11) is 0. The van der Waals surface area contributed by atoms with E-state index in [-0.39, 0.29) is 11.4 Å². The minimum absolute atomic E-state index is 0.0686. The number of halogens is 1. The molecule has 0 atom stereocenters. The van der Waals surface area contributed by atoms with Gasteiger partial charge in [-0.15, -0.1) is 0 Å².